The summed E-state index contributed by atoms with van der Waals surface area (Å²) >= 11 is 6.09. The van der Waals surface area contributed by atoms with Crippen molar-refractivity contribution in [1.29, 1.82) is 0 Å². The number of carbonyl (C=O) groups excluding carboxylic acids is 1. The molecule has 0 spiro atoms. The summed E-state index contributed by atoms with van der Waals surface area (Å²) in [6.07, 6.45) is 6.92. The van der Waals surface area contributed by atoms with Gasteiger partial charge in [0.1, 0.15) is 0 Å². The van der Waals surface area contributed by atoms with Crippen molar-refractivity contribution in [3.05, 3.63) is 28.8 Å². The molecule has 1 aromatic rings. The van der Waals surface area contributed by atoms with E-state index in [-0.39, 0.29) is 10.7 Å². The lowest BCUT2D eigenvalue weighted by atomic mass is 9.51. The molecule has 6 heteroatoms. The van der Waals surface area contributed by atoms with Gasteiger partial charge in [-0.1, -0.05) is 17.7 Å². The van der Waals surface area contributed by atoms with Crippen LogP contribution in [0.15, 0.2) is 23.1 Å². The Balaban J connectivity index is 1.47. The molecule has 0 unspecified atom stereocenters. The third-order valence-electron chi connectivity index (χ3n) is 7.38. The third-order valence-corrected chi connectivity index (χ3v) is 9.44. The van der Waals surface area contributed by atoms with Gasteiger partial charge in [0, 0.05) is 11.4 Å². The highest BCUT2D eigenvalue weighted by atomic mass is 35.5. The van der Waals surface area contributed by atoms with Gasteiger partial charge in [-0.25, -0.2) is 8.42 Å². The van der Waals surface area contributed by atoms with Crippen LogP contribution in [0.3, 0.4) is 0 Å². The fourth-order valence-corrected chi connectivity index (χ4v) is 7.70. The molecule has 0 heterocycles. The molecule has 28 heavy (non-hydrogen) atoms. The Kier molecular flexibility index (Phi) is 5.17. The Morgan fingerprint density at radius 2 is 1.68 bits per heavy atom. The van der Waals surface area contributed by atoms with Gasteiger partial charge in [-0.3, -0.25) is 4.79 Å². The van der Waals surface area contributed by atoms with Gasteiger partial charge >= 0.3 is 0 Å². The summed E-state index contributed by atoms with van der Waals surface area (Å²) in [6.45, 7) is 5.18. The molecule has 0 atom stereocenters. The van der Waals surface area contributed by atoms with Crippen LogP contribution in [0.4, 0.5) is 0 Å². The van der Waals surface area contributed by atoms with Crippen molar-refractivity contribution in [2.45, 2.75) is 69.7 Å². The zero-order valence-electron chi connectivity index (χ0n) is 16.9. The summed E-state index contributed by atoms with van der Waals surface area (Å²) in [5.41, 5.74) is -0.317. The molecule has 4 aliphatic carbocycles. The van der Waals surface area contributed by atoms with E-state index in [1.165, 1.54) is 44.2 Å². The Labute approximate surface area is 173 Å². The zero-order valence-corrected chi connectivity index (χ0v) is 18.4. The second-order valence-electron chi connectivity index (χ2n) is 9.86. The molecule has 0 aromatic heterocycles. The molecule has 0 radical (unpaired) electrons. The van der Waals surface area contributed by atoms with E-state index in [9.17, 15) is 13.2 Å². The van der Waals surface area contributed by atoms with E-state index in [1.54, 1.807) is 19.9 Å². The van der Waals surface area contributed by atoms with Gasteiger partial charge in [-0.05, 0) is 100 Å². The maximum absolute atomic E-state index is 13.1. The van der Waals surface area contributed by atoms with Crippen molar-refractivity contribution < 1.29 is 13.2 Å². The highest BCUT2D eigenvalue weighted by molar-refractivity contribution is 7.89. The van der Waals surface area contributed by atoms with Crippen molar-refractivity contribution in [3.63, 3.8) is 0 Å². The van der Waals surface area contributed by atoms with Crippen molar-refractivity contribution in [3.8, 4) is 0 Å². The predicted molar refractivity (Wildman–Crippen MR) is 111 cm³/mol. The number of sulfonamides is 1. The Hall–Kier alpha value is -0.910. The fourth-order valence-electron chi connectivity index (χ4n) is 6.03. The molecule has 0 aliphatic heterocycles. The zero-order chi connectivity index (χ0) is 20.3. The summed E-state index contributed by atoms with van der Waals surface area (Å²) in [5, 5.41) is 0.403. The molecule has 5 rings (SSSR count). The molecule has 4 fully saturated rings. The highest BCUT2D eigenvalue weighted by Crippen LogP contribution is 2.57. The lowest BCUT2D eigenvalue weighted by Gasteiger charge is -2.54. The van der Waals surface area contributed by atoms with Gasteiger partial charge in [0.05, 0.1) is 10.4 Å². The Morgan fingerprint density at radius 1 is 1.11 bits per heavy atom. The van der Waals surface area contributed by atoms with Crippen LogP contribution in [-0.2, 0) is 14.8 Å². The number of benzene rings is 1. The molecule has 4 bridgehead atoms. The molecule has 154 valence electrons. The van der Waals surface area contributed by atoms with Crippen LogP contribution in [0, 0.1) is 36.5 Å². The average Bonchev–Trinajstić information content (AvgIpc) is 2.58. The van der Waals surface area contributed by atoms with E-state index in [1.807, 2.05) is 6.92 Å². The summed E-state index contributed by atoms with van der Waals surface area (Å²) in [5.74, 6) is 3.47. The third kappa shape index (κ3) is 3.78. The topological polar surface area (TPSA) is 63.2 Å². The van der Waals surface area contributed by atoms with Crippen LogP contribution in [0.1, 0.15) is 57.9 Å². The number of hydrogen-bond donors (Lipinski definition) is 1. The lowest BCUT2D eigenvalue weighted by Crippen LogP contribution is -2.52. The van der Waals surface area contributed by atoms with Gasteiger partial charge in [-0.15, -0.1) is 0 Å². The predicted octanol–water partition coefficient (Wildman–Crippen LogP) is 4.74. The number of carbonyl (C=O) groups is 1. The van der Waals surface area contributed by atoms with Crippen LogP contribution in [0.5, 0.6) is 0 Å². The molecule has 4 nitrogen and oxygen atoms in total. The highest BCUT2D eigenvalue weighted by Gasteiger charge is 2.49. The second kappa shape index (κ2) is 7.10. The van der Waals surface area contributed by atoms with Crippen molar-refractivity contribution in [1.82, 2.24) is 4.72 Å². The van der Waals surface area contributed by atoms with Crippen molar-refractivity contribution >= 4 is 27.4 Å². The summed E-state index contributed by atoms with van der Waals surface area (Å²) in [7, 11) is -3.82. The largest absolute Gasteiger partial charge is 0.298 e. The van der Waals surface area contributed by atoms with Crippen LogP contribution < -0.4 is 4.72 Å². The minimum absolute atomic E-state index is 0.00763. The summed E-state index contributed by atoms with van der Waals surface area (Å²) in [6, 6.07) is 4.65. The number of Topliss-reactive ketones (excluding diaryl/α,β-unsaturated/α-hetero) is 1. The monoisotopic (exact) mass is 423 g/mol. The number of hydrogen-bond acceptors (Lipinski definition) is 3. The molecule has 1 N–H and O–H groups in total. The average molecular weight is 424 g/mol. The minimum Gasteiger partial charge on any atom is -0.298 e. The van der Waals surface area contributed by atoms with Gasteiger partial charge < -0.3 is 0 Å². The summed E-state index contributed by atoms with van der Waals surface area (Å²) in [4.78, 5) is 13.2. The number of aryl methyl sites for hydroxylation is 1. The first-order valence-corrected chi connectivity index (χ1v) is 12.2. The van der Waals surface area contributed by atoms with Crippen molar-refractivity contribution in [2.24, 2.45) is 29.6 Å². The van der Waals surface area contributed by atoms with Gasteiger partial charge in [0.15, 0.2) is 5.78 Å². The molecule has 0 amide bonds. The minimum atomic E-state index is -3.82. The van der Waals surface area contributed by atoms with Crippen LogP contribution in [-0.4, -0.2) is 19.7 Å². The van der Waals surface area contributed by atoms with Gasteiger partial charge in [-0.2, -0.15) is 4.72 Å². The van der Waals surface area contributed by atoms with E-state index in [4.69, 9.17) is 11.6 Å². The van der Waals surface area contributed by atoms with E-state index in [0.29, 0.717) is 29.2 Å². The first-order chi connectivity index (χ1) is 13.0. The van der Waals surface area contributed by atoms with E-state index in [0.717, 1.165) is 17.4 Å². The second-order valence-corrected chi connectivity index (χ2v) is 12.0. The standard InChI is InChI=1S/C22H30ClNO3S/c1-13-4-5-18(11-20(13)23)28(26,27)24-22(2,3)21(25)12-19-16-7-14-6-15(9-16)10-17(19)8-14/h4-5,11,14-17,19,24H,6-10,12H2,1-3H3. The quantitative estimate of drug-likeness (QED) is 0.718. The first-order valence-electron chi connectivity index (χ1n) is 10.4. The molecular formula is C22H30ClNO3S. The number of rotatable bonds is 6. The number of ketones is 1. The maximum atomic E-state index is 13.1. The van der Waals surface area contributed by atoms with Gasteiger partial charge in [0.25, 0.3) is 0 Å². The lowest BCUT2D eigenvalue weighted by molar-refractivity contribution is -0.128. The van der Waals surface area contributed by atoms with Crippen LogP contribution in [0.25, 0.3) is 0 Å². The fraction of sp³-hybridized carbons (Fsp3) is 0.682. The Bertz CT molecular complexity index is 865. The SMILES string of the molecule is Cc1ccc(S(=O)(=O)NC(C)(C)C(=O)CC2C3CC4CC(C3)CC2C4)cc1Cl. The normalized spacial score (nSPS) is 31.9. The van der Waals surface area contributed by atoms with E-state index in [2.05, 4.69) is 4.72 Å². The molecule has 1 aromatic carbocycles. The number of halogens is 1. The maximum Gasteiger partial charge on any atom is 0.241 e. The van der Waals surface area contributed by atoms with E-state index >= 15 is 0 Å². The van der Waals surface area contributed by atoms with Gasteiger partial charge in [0.2, 0.25) is 10.0 Å². The van der Waals surface area contributed by atoms with Crippen LogP contribution >= 0.6 is 11.6 Å². The van der Waals surface area contributed by atoms with E-state index < -0.39 is 15.6 Å². The molecule has 4 aliphatic rings. The van der Waals surface area contributed by atoms with Crippen LogP contribution in [0.2, 0.25) is 5.02 Å². The Morgan fingerprint density at radius 3 is 2.21 bits per heavy atom. The molecule has 0 saturated heterocycles. The molecular weight excluding hydrogens is 394 g/mol. The smallest absolute Gasteiger partial charge is 0.241 e. The summed E-state index contributed by atoms with van der Waals surface area (Å²) < 4.78 is 28.3. The first kappa shape index (κ1) is 20.4. The number of nitrogens with one attached hydrogen (secondary N) is 1. The molecule has 4 saturated carbocycles. The van der Waals surface area contributed by atoms with Crippen molar-refractivity contribution in [2.75, 3.05) is 0 Å².